The number of hydrogen-bond acceptors (Lipinski definition) is 2. The first kappa shape index (κ1) is 14.5. The highest BCUT2D eigenvalue weighted by atomic mass is 16.2. The Morgan fingerprint density at radius 3 is 2.29 bits per heavy atom. The maximum Gasteiger partial charge on any atom is 0.241 e. The van der Waals surface area contributed by atoms with E-state index in [2.05, 4.69) is 44.8 Å². The van der Waals surface area contributed by atoms with Gasteiger partial charge in [0.05, 0.1) is 12.2 Å². The molecule has 0 aromatic carbocycles. The molecule has 1 saturated heterocycles. The Hall–Kier alpha value is -0.570. The minimum Gasteiger partial charge on any atom is -0.326 e. The van der Waals surface area contributed by atoms with Crippen molar-refractivity contribution in [2.75, 3.05) is 6.54 Å². The van der Waals surface area contributed by atoms with E-state index in [4.69, 9.17) is 0 Å². The van der Waals surface area contributed by atoms with Gasteiger partial charge in [-0.15, -0.1) is 0 Å². The van der Waals surface area contributed by atoms with E-state index in [0.29, 0.717) is 17.7 Å². The molecule has 100 valence electrons. The van der Waals surface area contributed by atoms with Gasteiger partial charge in [0.1, 0.15) is 0 Å². The second-order valence-corrected chi connectivity index (χ2v) is 5.82. The topological polar surface area (TPSA) is 32.3 Å². The molecule has 0 aromatic rings. The number of unbranched alkanes of at least 4 members (excludes halogenated alkanes) is 2. The molecule has 17 heavy (non-hydrogen) atoms. The van der Waals surface area contributed by atoms with Gasteiger partial charge in [0.15, 0.2) is 0 Å². The number of rotatable bonds is 6. The largest absolute Gasteiger partial charge is 0.326 e. The van der Waals surface area contributed by atoms with Crippen LogP contribution in [0.5, 0.6) is 0 Å². The molecule has 0 aliphatic carbocycles. The van der Waals surface area contributed by atoms with Crippen molar-refractivity contribution in [1.82, 2.24) is 10.2 Å². The maximum absolute atomic E-state index is 12.3. The number of carbonyl (C=O) groups excluding carboxylic acids is 1. The minimum absolute atomic E-state index is 0.0176. The highest BCUT2D eigenvalue weighted by Crippen LogP contribution is 2.22. The first-order valence-electron chi connectivity index (χ1n) is 7.05. The van der Waals surface area contributed by atoms with Gasteiger partial charge in [-0.3, -0.25) is 10.1 Å². The summed E-state index contributed by atoms with van der Waals surface area (Å²) in [5.41, 5.74) is 0. The summed E-state index contributed by atoms with van der Waals surface area (Å²) in [5, 5.41) is 3.49. The fourth-order valence-corrected chi connectivity index (χ4v) is 2.47. The zero-order valence-electron chi connectivity index (χ0n) is 12.0. The number of hydrogen-bond donors (Lipinski definition) is 1. The molecule has 0 aromatic heterocycles. The second kappa shape index (κ2) is 6.39. The zero-order valence-corrected chi connectivity index (χ0v) is 12.0. The van der Waals surface area contributed by atoms with Crippen molar-refractivity contribution in [2.24, 2.45) is 11.8 Å². The molecule has 1 rings (SSSR count). The van der Waals surface area contributed by atoms with Crippen LogP contribution in [0.2, 0.25) is 0 Å². The Kier molecular flexibility index (Phi) is 5.44. The van der Waals surface area contributed by atoms with Gasteiger partial charge >= 0.3 is 0 Å². The number of nitrogens with one attached hydrogen (secondary N) is 1. The minimum atomic E-state index is 0.0176. The summed E-state index contributed by atoms with van der Waals surface area (Å²) in [6, 6.07) is 0.0176. The molecule has 0 bridgehead atoms. The van der Waals surface area contributed by atoms with E-state index in [9.17, 15) is 4.79 Å². The predicted octanol–water partition coefficient (Wildman–Crippen LogP) is 2.62. The molecular weight excluding hydrogens is 212 g/mol. The van der Waals surface area contributed by atoms with Gasteiger partial charge in [0.2, 0.25) is 5.91 Å². The standard InChI is InChI=1S/C14H28N2O/c1-6-7-8-9-16-13(11(4)5)15-12(10(2)3)14(16)17/h10-13,15H,6-9H2,1-5H3. The van der Waals surface area contributed by atoms with Crippen molar-refractivity contribution < 1.29 is 4.79 Å². The van der Waals surface area contributed by atoms with Gasteiger partial charge in [0, 0.05) is 6.54 Å². The normalized spacial score (nSPS) is 25.4. The van der Waals surface area contributed by atoms with Crippen molar-refractivity contribution in [2.45, 2.75) is 66.1 Å². The van der Waals surface area contributed by atoms with Gasteiger partial charge in [-0.05, 0) is 18.3 Å². The summed E-state index contributed by atoms with van der Waals surface area (Å²) < 4.78 is 0. The summed E-state index contributed by atoms with van der Waals surface area (Å²) in [5.74, 6) is 1.15. The van der Waals surface area contributed by atoms with Gasteiger partial charge in [-0.25, -0.2) is 0 Å². The Bertz CT molecular complexity index is 251. The molecule has 2 unspecified atom stereocenters. The van der Waals surface area contributed by atoms with Crippen molar-refractivity contribution in [3.05, 3.63) is 0 Å². The zero-order chi connectivity index (χ0) is 13.0. The molecule has 1 heterocycles. The van der Waals surface area contributed by atoms with Crippen LogP contribution in [-0.2, 0) is 4.79 Å². The molecule has 1 amide bonds. The van der Waals surface area contributed by atoms with Crippen molar-refractivity contribution in [1.29, 1.82) is 0 Å². The second-order valence-electron chi connectivity index (χ2n) is 5.82. The third kappa shape index (κ3) is 3.44. The lowest BCUT2D eigenvalue weighted by Gasteiger charge is -2.27. The molecule has 0 radical (unpaired) electrons. The maximum atomic E-state index is 12.3. The monoisotopic (exact) mass is 240 g/mol. The van der Waals surface area contributed by atoms with E-state index in [1.54, 1.807) is 0 Å². The molecule has 1 aliphatic rings. The quantitative estimate of drug-likeness (QED) is 0.724. The first-order chi connectivity index (χ1) is 7.99. The molecule has 3 heteroatoms. The Morgan fingerprint density at radius 2 is 1.82 bits per heavy atom. The average molecular weight is 240 g/mol. The lowest BCUT2D eigenvalue weighted by Crippen LogP contribution is -2.42. The summed E-state index contributed by atoms with van der Waals surface area (Å²) in [4.78, 5) is 14.4. The summed E-state index contributed by atoms with van der Waals surface area (Å²) in [7, 11) is 0. The van der Waals surface area contributed by atoms with Crippen molar-refractivity contribution in [3.63, 3.8) is 0 Å². The van der Waals surface area contributed by atoms with Crippen LogP contribution in [0.15, 0.2) is 0 Å². The summed E-state index contributed by atoms with van der Waals surface area (Å²) in [6.07, 6.45) is 3.76. The van der Waals surface area contributed by atoms with E-state index in [1.807, 2.05) is 0 Å². The number of carbonyl (C=O) groups is 1. The van der Waals surface area contributed by atoms with Crippen LogP contribution in [0.3, 0.4) is 0 Å². The molecule has 3 nitrogen and oxygen atoms in total. The SMILES string of the molecule is CCCCCN1C(=O)C(C(C)C)NC1C(C)C. The Balaban J connectivity index is 2.65. The van der Waals surface area contributed by atoms with Gasteiger partial charge < -0.3 is 4.90 Å². The van der Waals surface area contributed by atoms with Crippen LogP contribution in [0.4, 0.5) is 0 Å². The Labute approximate surface area is 106 Å². The molecule has 1 aliphatic heterocycles. The smallest absolute Gasteiger partial charge is 0.241 e. The van der Waals surface area contributed by atoms with Crippen LogP contribution in [0.25, 0.3) is 0 Å². The van der Waals surface area contributed by atoms with Gasteiger partial charge in [-0.2, -0.15) is 0 Å². The third-order valence-corrected chi connectivity index (χ3v) is 3.54. The van der Waals surface area contributed by atoms with E-state index < -0.39 is 0 Å². The van der Waals surface area contributed by atoms with E-state index in [-0.39, 0.29) is 12.2 Å². The summed E-state index contributed by atoms with van der Waals surface area (Å²) in [6.45, 7) is 11.7. The Morgan fingerprint density at radius 1 is 1.18 bits per heavy atom. The lowest BCUT2D eigenvalue weighted by molar-refractivity contribution is -0.131. The van der Waals surface area contributed by atoms with Gasteiger partial charge in [0.25, 0.3) is 0 Å². The van der Waals surface area contributed by atoms with Crippen LogP contribution >= 0.6 is 0 Å². The molecule has 1 N–H and O–H groups in total. The molecule has 0 saturated carbocycles. The fourth-order valence-electron chi connectivity index (χ4n) is 2.47. The highest BCUT2D eigenvalue weighted by molar-refractivity contribution is 5.84. The lowest BCUT2D eigenvalue weighted by atomic mass is 10.0. The summed E-state index contributed by atoms with van der Waals surface area (Å²) >= 11 is 0. The van der Waals surface area contributed by atoms with Crippen LogP contribution < -0.4 is 5.32 Å². The van der Waals surface area contributed by atoms with E-state index in [1.165, 1.54) is 12.8 Å². The first-order valence-corrected chi connectivity index (χ1v) is 7.05. The number of nitrogens with zero attached hydrogens (tertiary/aromatic N) is 1. The molecule has 1 fully saturated rings. The fraction of sp³-hybridized carbons (Fsp3) is 0.929. The van der Waals surface area contributed by atoms with Crippen LogP contribution in [0.1, 0.15) is 53.9 Å². The van der Waals surface area contributed by atoms with Crippen molar-refractivity contribution in [3.8, 4) is 0 Å². The van der Waals surface area contributed by atoms with Crippen molar-refractivity contribution >= 4 is 5.91 Å². The third-order valence-electron chi connectivity index (χ3n) is 3.54. The van der Waals surface area contributed by atoms with E-state index >= 15 is 0 Å². The molecular formula is C14H28N2O. The average Bonchev–Trinajstić information content (AvgIpc) is 2.57. The van der Waals surface area contributed by atoms with Crippen LogP contribution in [0, 0.1) is 11.8 Å². The molecule has 2 atom stereocenters. The van der Waals surface area contributed by atoms with Gasteiger partial charge in [-0.1, -0.05) is 47.5 Å². The number of amides is 1. The molecule has 0 spiro atoms. The van der Waals surface area contributed by atoms with Crippen LogP contribution in [-0.4, -0.2) is 29.6 Å². The predicted molar refractivity (Wildman–Crippen MR) is 71.6 cm³/mol. The highest BCUT2D eigenvalue weighted by Gasteiger charge is 2.40. The van der Waals surface area contributed by atoms with E-state index in [0.717, 1.165) is 13.0 Å².